The van der Waals surface area contributed by atoms with Crippen molar-refractivity contribution in [2.45, 2.75) is 6.54 Å². The number of halogens is 3. The zero-order chi connectivity index (χ0) is 15.1. The summed E-state index contributed by atoms with van der Waals surface area (Å²) in [6.45, 7) is 2.31. The van der Waals surface area contributed by atoms with E-state index in [-0.39, 0.29) is 19.0 Å². The normalized spacial score (nSPS) is 10.5. The summed E-state index contributed by atoms with van der Waals surface area (Å²) in [5.74, 6) is 1.59. The van der Waals surface area contributed by atoms with Crippen LogP contribution in [0.5, 0.6) is 0 Å². The minimum Gasteiger partial charge on any atom is -0.460 e. The maximum absolute atomic E-state index is 8.58. The van der Waals surface area contributed by atoms with Crippen molar-refractivity contribution in [3.05, 3.63) is 45.6 Å². The van der Waals surface area contributed by atoms with Gasteiger partial charge in [0, 0.05) is 16.6 Å². The fourth-order valence-electron chi connectivity index (χ4n) is 1.83. The number of ether oxygens (including phenoxy) is 1. The summed E-state index contributed by atoms with van der Waals surface area (Å²) in [4.78, 5) is 0. The van der Waals surface area contributed by atoms with E-state index in [0.717, 1.165) is 21.6 Å². The maximum Gasteiger partial charge on any atom is 0.135 e. The van der Waals surface area contributed by atoms with Crippen LogP contribution in [0.4, 0.5) is 0 Å². The summed E-state index contributed by atoms with van der Waals surface area (Å²) in [5, 5.41) is 12.4. The van der Waals surface area contributed by atoms with Crippen LogP contribution >= 0.6 is 39.9 Å². The molecule has 0 saturated carbocycles. The Morgan fingerprint density at radius 1 is 1.23 bits per heavy atom. The molecule has 0 radical (unpaired) electrons. The predicted octanol–water partition coefficient (Wildman–Crippen LogP) is 3.88. The second-order valence-corrected chi connectivity index (χ2v) is 5.73. The van der Waals surface area contributed by atoms with Gasteiger partial charge in [0.25, 0.3) is 0 Å². The SMILES string of the molecule is Cl.OCCOCCNCc1ccc(-c2ccc(Br)cc2Cl)o1. The quantitative estimate of drug-likeness (QED) is 0.648. The molecule has 0 aliphatic rings. The fourth-order valence-corrected chi connectivity index (χ4v) is 2.60. The molecule has 0 fully saturated rings. The molecule has 1 aromatic heterocycles. The van der Waals surface area contributed by atoms with Gasteiger partial charge in [-0.05, 0) is 30.3 Å². The molecule has 1 aromatic carbocycles. The molecule has 122 valence electrons. The van der Waals surface area contributed by atoms with Crippen molar-refractivity contribution < 1.29 is 14.3 Å². The van der Waals surface area contributed by atoms with E-state index < -0.39 is 0 Å². The minimum absolute atomic E-state index is 0. The molecular weight excluding hydrogens is 393 g/mol. The highest BCUT2D eigenvalue weighted by molar-refractivity contribution is 9.10. The third-order valence-electron chi connectivity index (χ3n) is 2.82. The van der Waals surface area contributed by atoms with Crippen LogP contribution in [0.2, 0.25) is 5.02 Å². The zero-order valence-electron chi connectivity index (χ0n) is 11.9. The lowest BCUT2D eigenvalue weighted by Gasteiger charge is -2.04. The van der Waals surface area contributed by atoms with Gasteiger partial charge < -0.3 is 19.6 Å². The van der Waals surface area contributed by atoms with Gasteiger partial charge >= 0.3 is 0 Å². The topological polar surface area (TPSA) is 54.6 Å². The van der Waals surface area contributed by atoms with Crippen LogP contribution in [0.15, 0.2) is 39.2 Å². The molecule has 0 unspecified atom stereocenters. The van der Waals surface area contributed by atoms with Gasteiger partial charge in [0.1, 0.15) is 11.5 Å². The lowest BCUT2D eigenvalue weighted by molar-refractivity contribution is 0.0936. The van der Waals surface area contributed by atoms with E-state index in [1.54, 1.807) is 0 Å². The molecule has 7 heteroatoms. The van der Waals surface area contributed by atoms with Crippen LogP contribution in [-0.2, 0) is 11.3 Å². The molecule has 22 heavy (non-hydrogen) atoms. The number of aliphatic hydroxyl groups is 1. The minimum atomic E-state index is 0. The number of rotatable bonds is 8. The second-order valence-electron chi connectivity index (χ2n) is 4.40. The van der Waals surface area contributed by atoms with E-state index >= 15 is 0 Å². The van der Waals surface area contributed by atoms with Crippen LogP contribution < -0.4 is 5.32 Å². The van der Waals surface area contributed by atoms with Gasteiger partial charge in [0.05, 0.1) is 31.4 Å². The average Bonchev–Trinajstić information content (AvgIpc) is 2.91. The Labute approximate surface area is 149 Å². The van der Waals surface area contributed by atoms with Crippen molar-refractivity contribution in [3.8, 4) is 11.3 Å². The fraction of sp³-hybridized carbons (Fsp3) is 0.333. The van der Waals surface area contributed by atoms with Crippen molar-refractivity contribution in [1.82, 2.24) is 5.32 Å². The number of nitrogens with one attached hydrogen (secondary N) is 1. The van der Waals surface area contributed by atoms with Gasteiger partial charge in [0.2, 0.25) is 0 Å². The largest absolute Gasteiger partial charge is 0.460 e. The number of aliphatic hydroxyl groups excluding tert-OH is 1. The highest BCUT2D eigenvalue weighted by Crippen LogP contribution is 2.31. The first-order chi connectivity index (χ1) is 10.2. The first-order valence-corrected chi connectivity index (χ1v) is 7.81. The van der Waals surface area contributed by atoms with Crippen molar-refractivity contribution >= 4 is 39.9 Å². The number of furan rings is 1. The van der Waals surface area contributed by atoms with Gasteiger partial charge in [0.15, 0.2) is 0 Å². The van der Waals surface area contributed by atoms with Gasteiger partial charge in [-0.2, -0.15) is 0 Å². The Morgan fingerprint density at radius 2 is 2.05 bits per heavy atom. The third kappa shape index (κ3) is 5.91. The Bertz CT molecular complexity index is 578. The molecule has 0 saturated heterocycles. The Kier molecular flexibility index (Phi) is 9.09. The monoisotopic (exact) mass is 409 g/mol. The summed E-state index contributed by atoms with van der Waals surface area (Å²) in [6, 6.07) is 9.53. The van der Waals surface area contributed by atoms with Crippen LogP contribution in [0, 0.1) is 0 Å². The van der Waals surface area contributed by atoms with Crippen molar-refractivity contribution in [1.29, 1.82) is 0 Å². The molecule has 0 amide bonds. The lowest BCUT2D eigenvalue weighted by Crippen LogP contribution is -2.19. The second kappa shape index (κ2) is 10.3. The summed E-state index contributed by atoms with van der Waals surface area (Å²) in [6.07, 6.45) is 0. The van der Waals surface area contributed by atoms with E-state index in [4.69, 9.17) is 25.9 Å². The van der Waals surface area contributed by atoms with Crippen LogP contribution in [0.3, 0.4) is 0 Å². The Balaban J connectivity index is 0.00000242. The molecule has 0 bridgehead atoms. The van der Waals surface area contributed by atoms with E-state index in [0.29, 0.717) is 31.3 Å². The molecule has 0 atom stereocenters. The van der Waals surface area contributed by atoms with Crippen molar-refractivity contribution in [2.24, 2.45) is 0 Å². The number of benzene rings is 1. The Morgan fingerprint density at radius 3 is 2.77 bits per heavy atom. The molecule has 4 nitrogen and oxygen atoms in total. The van der Waals surface area contributed by atoms with Gasteiger partial charge in [-0.3, -0.25) is 0 Å². The van der Waals surface area contributed by atoms with Gasteiger partial charge in [-0.25, -0.2) is 0 Å². The zero-order valence-corrected chi connectivity index (χ0v) is 15.0. The molecule has 1 heterocycles. The molecule has 0 aliphatic heterocycles. The number of hydrogen-bond acceptors (Lipinski definition) is 4. The summed E-state index contributed by atoms with van der Waals surface area (Å²) in [7, 11) is 0. The van der Waals surface area contributed by atoms with Crippen LogP contribution in [-0.4, -0.2) is 31.5 Å². The third-order valence-corrected chi connectivity index (χ3v) is 3.62. The maximum atomic E-state index is 8.58. The van der Waals surface area contributed by atoms with E-state index in [1.807, 2.05) is 30.3 Å². The highest BCUT2D eigenvalue weighted by atomic mass is 79.9. The molecular formula is C15H18BrCl2NO3. The molecule has 2 N–H and O–H groups in total. The number of hydrogen-bond donors (Lipinski definition) is 2. The summed E-state index contributed by atoms with van der Waals surface area (Å²) >= 11 is 9.59. The van der Waals surface area contributed by atoms with Crippen molar-refractivity contribution in [2.75, 3.05) is 26.4 Å². The molecule has 2 aromatic rings. The molecule has 0 spiro atoms. The average molecular weight is 411 g/mol. The highest BCUT2D eigenvalue weighted by Gasteiger charge is 2.08. The summed E-state index contributed by atoms with van der Waals surface area (Å²) < 4.78 is 11.9. The first-order valence-electron chi connectivity index (χ1n) is 6.64. The molecule has 0 aliphatic carbocycles. The van der Waals surface area contributed by atoms with E-state index in [1.165, 1.54) is 0 Å². The summed E-state index contributed by atoms with van der Waals surface area (Å²) in [5.41, 5.74) is 0.873. The van der Waals surface area contributed by atoms with Gasteiger partial charge in [-0.15, -0.1) is 12.4 Å². The van der Waals surface area contributed by atoms with Gasteiger partial charge in [-0.1, -0.05) is 27.5 Å². The van der Waals surface area contributed by atoms with Crippen LogP contribution in [0.25, 0.3) is 11.3 Å². The van der Waals surface area contributed by atoms with Crippen LogP contribution in [0.1, 0.15) is 5.76 Å². The van der Waals surface area contributed by atoms with E-state index in [2.05, 4.69) is 21.2 Å². The van der Waals surface area contributed by atoms with E-state index in [9.17, 15) is 0 Å². The first kappa shape index (κ1) is 19.5. The van der Waals surface area contributed by atoms with Crippen molar-refractivity contribution in [3.63, 3.8) is 0 Å². The molecule has 2 rings (SSSR count). The standard InChI is InChI=1S/C15H17BrClNO3.ClH/c16-11-1-3-13(14(17)9-11)15-4-2-12(21-15)10-18-5-7-20-8-6-19;/h1-4,9,18-19H,5-8,10H2;1H. The lowest BCUT2D eigenvalue weighted by atomic mass is 10.2. The smallest absolute Gasteiger partial charge is 0.135 e. The predicted molar refractivity (Wildman–Crippen MR) is 93.7 cm³/mol. The Hall–Kier alpha value is -0.560.